The zero-order valence-electron chi connectivity index (χ0n) is 10.3. The Morgan fingerprint density at radius 3 is 2.80 bits per heavy atom. The summed E-state index contributed by atoms with van der Waals surface area (Å²) in [6, 6.07) is 9.54. The zero-order valence-corrected chi connectivity index (χ0v) is 13.9. The maximum Gasteiger partial charge on any atom is 0.231 e. The minimum absolute atomic E-state index is 0.223. The SMILES string of the molecule is Clc1ccc(NCc2cc(Cl)c3c(c2)OCO3)c(I)c1. The van der Waals surface area contributed by atoms with Crippen LogP contribution >= 0.6 is 45.8 Å². The van der Waals surface area contributed by atoms with Crippen LogP contribution < -0.4 is 14.8 Å². The minimum Gasteiger partial charge on any atom is -0.454 e. The smallest absolute Gasteiger partial charge is 0.231 e. The van der Waals surface area contributed by atoms with Crippen molar-refractivity contribution in [2.45, 2.75) is 6.54 Å². The Balaban J connectivity index is 1.77. The van der Waals surface area contributed by atoms with Crippen molar-refractivity contribution in [1.29, 1.82) is 0 Å². The van der Waals surface area contributed by atoms with Crippen LogP contribution in [0, 0.1) is 3.57 Å². The van der Waals surface area contributed by atoms with Gasteiger partial charge in [0.25, 0.3) is 0 Å². The highest BCUT2D eigenvalue weighted by Gasteiger charge is 2.18. The second kappa shape index (κ2) is 5.87. The van der Waals surface area contributed by atoms with E-state index in [4.69, 9.17) is 32.7 Å². The lowest BCUT2D eigenvalue weighted by molar-refractivity contribution is 0.174. The molecule has 2 aromatic carbocycles. The molecule has 1 aliphatic rings. The summed E-state index contributed by atoms with van der Waals surface area (Å²) in [7, 11) is 0. The molecule has 0 spiro atoms. The molecule has 0 amide bonds. The zero-order chi connectivity index (χ0) is 14.1. The third-order valence-corrected chi connectivity index (χ3v) is 4.31. The number of hydrogen-bond acceptors (Lipinski definition) is 3. The Labute approximate surface area is 140 Å². The van der Waals surface area contributed by atoms with E-state index in [0.29, 0.717) is 23.1 Å². The van der Waals surface area contributed by atoms with E-state index in [9.17, 15) is 0 Å². The predicted octanol–water partition coefficient (Wildman–Crippen LogP) is 4.94. The third kappa shape index (κ3) is 2.92. The molecule has 1 heterocycles. The largest absolute Gasteiger partial charge is 0.454 e. The Hall–Kier alpha value is -0.850. The van der Waals surface area contributed by atoms with Gasteiger partial charge in [-0.1, -0.05) is 23.2 Å². The monoisotopic (exact) mass is 421 g/mol. The van der Waals surface area contributed by atoms with Crippen LogP contribution in [0.25, 0.3) is 0 Å². The van der Waals surface area contributed by atoms with E-state index in [-0.39, 0.29) is 6.79 Å². The summed E-state index contributed by atoms with van der Waals surface area (Å²) in [5.41, 5.74) is 2.06. The molecule has 1 N–H and O–H groups in total. The first kappa shape index (κ1) is 14.1. The molecule has 0 aliphatic carbocycles. The highest BCUT2D eigenvalue weighted by atomic mass is 127. The molecule has 6 heteroatoms. The lowest BCUT2D eigenvalue weighted by atomic mass is 10.2. The van der Waals surface area contributed by atoms with Gasteiger partial charge < -0.3 is 14.8 Å². The van der Waals surface area contributed by atoms with Gasteiger partial charge in [-0.15, -0.1) is 0 Å². The lowest BCUT2D eigenvalue weighted by Gasteiger charge is -2.10. The minimum atomic E-state index is 0.223. The first-order valence-corrected chi connectivity index (χ1v) is 7.74. The Morgan fingerprint density at radius 2 is 2.00 bits per heavy atom. The maximum absolute atomic E-state index is 6.16. The first-order chi connectivity index (χ1) is 9.63. The van der Waals surface area contributed by atoms with Crippen molar-refractivity contribution in [3.8, 4) is 11.5 Å². The summed E-state index contributed by atoms with van der Waals surface area (Å²) in [6.07, 6.45) is 0. The maximum atomic E-state index is 6.16. The Morgan fingerprint density at radius 1 is 1.15 bits per heavy atom. The van der Waals surface area contributed by atoms with Gasteiger partial charge in [-0.2, -0.15) is 0 Å². The number of rotatable bonds is 3. The van der Waals surface area contributed by atoms with Gasteiger partial charge in [0.15, 0.2) is 11.5 Å². The van der Waals surface area contributed by atoms with Crippen molar-refractivity contribution in [1.82, 2.24) is 0 Å². The molecule has 0 radical (unpaired) electrons. The number of ether oxygens (including phenoxy) is 2. The van der Waals surface area contributed by atoms with Crippen LogP contribution in [0.4, 0.5) is 5.69 Å². The lowest BCUT2D eigenvalue weighted by Crippen LogP contribution is -2.01. The van der Waals surface area contributed by atoms with Crippen LogP contribution in [0.5, 0.6) is 11.5 Å². The molecule has 0 aromatic heterocycles. The topological polar surface area (TPSA) is 30.5 Å². The summed E-state index contributed by atoms with van der Waals surface area (Å²) in [5.74, 6) is 1.32. The summed E-state index contributed by atoms with van der Waals surface area (Å²) < 4.78 is 11.7. The van der Waals surface area contributed by atoms with Crippen LogP contribution in [-0.2, 0) is 6.54 Å². The number of hydrogen-bond donors (Lipinski definition) is 1. The van der Waals surface area contributed by atoms with Crippen molar-refractivity contribution in [3.05, 3.63) is 49.5 Å². The van der Waals surface area contributed by atoms with Gasteiger partial charge in [-0.05, 0) is 58.5 Å². The molecule has 0 saturated carbocycles. The predicted molar refractivity (Wildman–Crippen MR) is 89.1 cm³/mol. The second-order valence-electron chi connectivity index (χ2n) is 4.29. The number of halogens is 3. The molecular weight excluding hydrogens is 412 g/mol. The Bertz CT molecular complexity index is 664. The summed E-state index contributed by atoms with van der Waals surface area (Å²) in [6.45, 7) is 0.870. The standard InChI is InChI=1S/C14H10Cl2INO2/c15-9-1-2-12(11(17)5-9)18-6-8-3-10(16)14-13(4-8)19-7-20-14/h1-5,18H,6-7H2. The van der Waals surface area contributed by atoms with E-state index in [0.717, 1.165) is 19.8 Å². The second-order valence-corrected chi connectivity index (χ2v) is 6.29. The highest BCUT2D eigenvalue weighted by Crippen LogP contribution is 2.40. The van der Waals surface area contributed by atoms with Crippen molar-refractivity contribution in [3.63, 3.8) is 0 Å². The molecule has 3 nitrogen and oxygen atoms in total. The molecule has 0 atom stereocenters. The van der Waals surface area contributed by atoms with E-state index in [1.165, 1.54) is 0 Å². The molecule has 1 aliphatic heterocycles. The molecule has 0 saturated heterocycles. The average Bonchev–Trinajstić information content (AvgIpc) is 2.86. The van der Waals surface area contributed by atoms with E-state index < -0.39 is 0 Å². The summed E-state index contributed by atoms with van der Waals surface area (Å²) in [5, 5.41) is 4.65. The normalized spacial score (nSPS) is 12.6. The van der Waals surface area contributed by atoms with Gasteiger partial charge in [0.1, 0.15) is 0 Å². The van der Waals surface area contributed by atoms with Crippen molar-refractivity contribution < 1.29 is 9.47 Å². The van der Waals surface area contributed by atoms with Crippen LogP contribution in [0.1, 0.15) is 5.56 Å². The molecule has 20 heavy (non-hydrogen) atoms. The number of nitrogens with one attached hydrogen (secondary N) is 1. The van der Waals surface area contributed by atoms with E-state index in [1.807, 2.05) is 30.3 Å². The first-order valence-electron chi connectivity index (χ1n) is 5.90. The fraction of sp³-hybridized carbons (Fsp3) is 0.143. The van der Waals surface area contributed by atoms with E-state index in [2.05, 4.69) is 27.9 Å². The third-order valence-electron chi connectivity index (χ3n) is 2.90. The van der Waals surface area contributed by atoms with Crippen LogP contribution in [0.3, 0.4) is 0 Å². The molecule has 2 aromatic rings. The molecule has 0 unspecified atom stereocenters. The molecule has 3 rings (SSSR count). The number of anilines is 1. The van der Waals surface area contributed by atoms with Gasteiger partial charge in [-0.3, -0.25) is 0 Å². The van der Waals surface area contributed by atoms with E-state index >= 15 is 0 Å². The molecule has 0 fully saturated rings. The summed E-state index contributed by atoms with van der Waals surface area (Å²) in [4.78, 5) is 0. The molecular formula is C14H10Cl2INO2. The highest BCUT2D eigenvalue weighted by molar-refractivity contribution is 14.1. The summed E-state index contributed by atoms with van der Waals surface area (Å²) >= 11 is 14.3. The quantitative estimate of drug-likeness (QED) is 0.712. The van der Waals surface area contributed by atoms with Crippen molar-refractivity contribution in [2.75, 3.05) is 12.1 Å². The van der Waals surface area contributed by atoms with Gasteiger partial charge in [0.2, 0.25) is 6.79 Å². The number of benzene rings is 2. The van der Waals surface area contributed by atoms with Crippen LogP contribution in [0.2, 0.25) is 10.0 Å². The molecule has 0 bridgehead atoms. The van der Waals surface area contributed by atoms with Crippen LogP contribution in [0.15, 0.2) is 30.3 Å². The van der Waals surface area contributed by atoms with E-state index in [1.54, 1.807) is 0 Å². The number of fused-ring (bicyclic) bond motifs is 1. The fourth-order valence-corrected chi connectivity index (χ4v) is 3.30. The Kier molecular flexibility index (Phi) is 4.14. The fourth-order valence-electron chi connectivity index (χ4n) is 1.95. The molecule has 104 valence electrons. The van der Waals surface area contributed by atoms with Crippen molar-refractivity contribution in [2.24, 2.45) is 0 Å². The van der Waals surface area contributed by atoms with Gasteiger partial charge >= 0.3 is 0 Å². The van der Waals surface area contributed by atoms with Gasteiger partial charge in [0, 0.05) is 20.8 Å². The van der Waals surface area contributed by atoms with Gasteiger partial charge in [0.05, 0.1) is 5.02 Å². The van der Waals surface area contributed by atoms with Crippen LogP contribution in [-0.4, -0.2) is 6.79 Å². The van der Waals surface area contributed by atoms with Crippen molar-refractivity contribution >= 4 is 51.5 Å². The van der Waals surface area contributed by atoms with Gasteiger partial charge in [-0.25, -0.2) is 0 Å². The average molecular weight is 422 g/mol.